The molecule has 1 N–H and O–H groups in total. The summed E-state index contributed by atoms with van der Waals surface area (Å²) in [5.41, 5.74) is 0.465. The van der Waals surface area contributed by atoms with Crippen LogP contribution >= 0.6 is 0 Å². The van der Waals surface area contributed by atoms with Gasteiger partial charge in [0.15, 0.2) is 5.79 Å². The highest BCUT2D eigenvalue weighted by Gasteiger charge is 2.57. The van der Waals surface area contributed by atoms with Gasteiger partial charge in [-0.15, -0.1) is 0 Å². The Morgan fingerprint density at radius 1 is 1.31 bits per heavy atom. The summed E-state index contributed by atoms with van der Waals surface area (Å²) in [6.45, 7) is 5.28. The molecule has 1 saturated carbocycles. The predicted molar refractivity (Wildman–Crippen MR) is 46.9 cm³/mol. The second-order valence-electron chi connectivity index (χ2n) is 4.12. The zero-order valence-electron chi connectivity index (χ0n) is 8.04. The zero-order chi connectivity index (χ0) is 9.53. The van der Waals surface area contributed by atoms with Crippen LogP contribution in [0.4, 0.5) is 0 Å². The maximum atomic E-state index is 8.82. The van der Waals surface area contributed by atoms with Crippen molar-refractivity contribution in [2.75, 3.05) is 13.2 Å². The van der Waals surface area contributed by atoms with Gasteiger partial charge in [-0.25, -0.2) is 0 Å². The SMILES string of the molecule is CC1(C)C(=NO)CCC12OCCO2. The predicted octanol–water partition coefficient (Wildman–Crippen LogP) is 1.38. The number of nitrogens with zero attached hydrogens (tertiary/aromatic N) is 1. The average molecular weight is 185 g/mol. The van der Waals surface area contributed by atoms with Gasteiger partial charge in [-0.3, -0.25) is 0 Å². The van der Waals surface area contributed by atoms with Gasteiger partial charge in [-0.1, -0.05) is 5.16 Å². The fourth-order valence-electron chi connectivity index (χ4n) is 2.26. The Hall–Kier alpha value is -0.610. The molecule has 13 heavy (non-hydrogen) atoms. The summed E-state index contributed by atoms with van der Waals surface area (Å²) in [6.07, 6.45) is 1.54. The molecule has 0 unspecified atom stereocenters. The fourth-order valence-corrected chi connectivity index (χ4v) is 2.26. The van der Waals surface area contributed by atoms with E-state index in [-0.39, 0.29) is 5.41 Å². The van der Waals surface area contributed by atoms with Crippen LogP contribution in [-0.4, -0.2) is 29.9 Å². The second-order valence-corrected chi connectivity index (χ2v) is 4.12. The van der Waals surface area contributed by atoms with Gasteiger partial charge in [-0.05, 0) is 20.3 Å². The molecule has 0 bridgehead atoms. The largest absolute Gasteiger partial charge is 0.411 e. The van der Waals surface area contributed by atoms with Crippen molar-refractivity contribution in [1.29, 1.82) is 0 Å². The van der Waals surface area contributed by atoms with E-state index in [2.05, 4.69) is 5.16 Å². The summed E-state index contributed by atoms with van der Waals surface area (Å²) < 4.78 is 11.3. The van der Waals surface area contributed by atoms with E-state index in [0.29, 0.717) is 13.2 Å². The molecule has 74 valence electrons. The molecule has 1 aliphatic carbocycles. The Kier molecular flexibility index (Phi) is 1.85. The maximum absolute atomic E-state index is 8.82. The number of hydrogen-bond donors (Lipinski definition) is 1. The molecule has 1 saturated heterocycles. The van der Waals surface area contributed by atoms with Crippen LogP contribution in [0.15, 0.2) is 5.16 Å². The van der Waals surface area contributed by atoms with Crippen LogP contribution in [0.3, 0.4) is 0 Å². The second kappa shape index (κ2) is 2.69. The van der Waals surface area contributed by atoms with Crippen LogP contribution in [0, 0.1) is 5.41 Å². The lowest BCUT2D eigenvalue weighted by Gasteiger charge is -2.35. The average Bonchev–Trinajstić information content (AvgIpc) is 2.62. The van der Waals surface area contributed by atoms with Gasteiger partial charge in [-0.2, -0.15) is 0 Å². The van der Waals surface area contributed by atoms with Gasteiger partial charge in [0.1, 0.15) is 0 Å². The standard InChI is InChI=1S/C9H15NO3/c1-8(2)7(10-11)3-4-9(8)12-5-6-13-9/h11H,3-6H2,1-2H3. The molecule has 0 aromatic carbocycles. The van der Waals surface area contributed by atoms with E-state index < -0.39 is 5.79 Å². The van der Waals surface area contributed by atoms with Crippen molar-refractivity contribution in [2.45, 2.75) is 32.5 Å². The van der Waals surface area contributed by atoms with Gasteiger partial charge in [0.05, 0.1) is 24.3 Å². The lowest BCUT2D eigenvalue weighted by Crippen LogP contribution is -2.44. The van der Waals surface area contributed by atoms with E-state index >= 15 is 0 Å². The van der Waals surface area contributed by atoms with Gasteiger partial charge < -0.3 is 14.7 Å². The molecule has 1 heterocycles. The Morgan fingerprint density at radius 3 is 2.38 bits per heavy atom. The molecule has 2 rings (SSSR count). The summed E-state index contributed by atoms with van der Waals surface area (Å²) >= 11 is 0. The Bertz CT molecular complexity index is 241. The summed E-state index contributed by atoms with van der Waals surface area (Å²) in [5, 5.41) is 12.1. The summed E-state index contributed by atoms with van der Waals surface area (Å²) in [5.74, 6) is -0.533. The minimum Gasteiger partial charge on any atom is -0.411 e. The van der Waals surface area contributed by atoms with Crippen molar-refractivity contribution in [3.05, 3.63) is 0 Å². The molecule has 2 aliphatic rings. The summed E-state index contributed by atoms with van der Waals surface area (Å²) in [4.78, 5) is 0. The highest BCUT2D eigenvalue weighted by atomic mass is 16.7. The third-order valence-corrected chi connectivity index (χ3v) is 3.24. The Balaban J connectivity index is 2.33. The normalized spacial score (nSPS) is 33.2. The molecule has 4 nitrogen and oxygen atoms in total. The van der Waals surface area contributed by atoms with Crippen LogP contribution in [0.25, 0.3) is 0 Å². The van der Waals surface area contributed by atoms with Gasteiger partial charge >= 0.3 is 0 Å². The first-order valence-corrected chi connectivity index (χ1v) is 4.62. The van der Waals surface area contributed by atoms with Crippen molar-refractivity contribution >= 4 is 5.71 Å². The lowest BCUT2D eigenvalue weighted by atomic mass is 9.84. The van der Waals surface area contributed by atoms with Crippen molar-refractivity contribution in [2.24, 2.45) is 10.6 Å². The molecule has 0 aromatic rings. The van der Waals surface area contributed by atoms with Crippen molar-refractivity contribution in [1.82, 2.24) is 0 Å². The van der Waals surface area contributed by atoms with E-state index in [1.54, 1.807) is 0 Å². The van der Waals surface area contributed by atoms with Crippen LogP contribution in [-0.2, 0) is 9.47 Å². The first-order valence-electron chi connectivity index (χ1n) is 4.62. The van der Waals surface area contributed by atoms with E-state index in [1.165, 1.54) is 0 Å². The van der Waals surface area contributed by atoms with E-state index in [0.717, 1.165) is 18.6 Å². The number of oxime groups is 1. The van der Waals surface area contributed by atoms with Crippen LogP contribution < -0.4 is 0 Å². The summed E-state index contributed by atoms with van der Waals surface area (Å²) in [7, 11) is 0. The monoisotopic (exact) mass is 185 g/mol. The molecule has 0 atom stereocenters. The van der Waals surface area contributed by atoms with E-state index in [9.17, 15) is 0 Å². The van der Waals surface area contributed by atoms with Crippen molar-refractivity contribution in [3.8, 4) is 0 Å². The van der Waals surface area contributed by atoms with Crippen LogP contribution in [0.1, 0.15) is 26.7 Å². The van der Waals surface area contributed by atoms with Gasteiger partial charge in [0.25, 0.3) is 0 Å². The number of ether oxygens (including phenoxy) is 2. The summed E-state index contributed by atoms with van der Waals surface area (Å²) in [6, 6.07) is 0. The van der Waals surface area contributed by atoms with Crippen molar-refractivity contribution < 1.29 is 14.7 Å². The molecule has 0 aromatic heterocycles. The van der Waals surface area contributed by atoms with Gasteiger partial charge in [0, 0.05) is 6.42 Å². The quantitative estimate of drug-likeness (QED) is 0.458. The van der Waals surface area contributed by atoms with Crippen LogP contribution in [0.5, 0.6) is 0 Å². The minimum atomic E-state index is -0.533. The van der Waals surface area contributed by atoms with E-state index in [1.807, 2.05) is 13.8 Å². The van der Waals surface area contributed by atoms with E-state index in [4.69, 9.17) is 14.7 Å². The first-order chi connectivity index (χ1) is 6.12. The molecule has 0 amide bonds. The Morgan fingerprint density at radius 2 is 1.92 bits per heavy atom. The maximum Gasteiger partial charge on any atom is 0.179 e. The number of hydrogen-bond acceptors (Lipinski definition) is 4. The third-order valence-electron chi connectivity index (χ3n) is 3.24. The number of rotatable bonds is 0. The molecular formula is C9H15NO3. The topological polar surface area (TPSA) is 51.1 Å². The molecule has 4 heteroatoms. The zero-order valence-corrected chi connectivity index (χ0v) is 8.04. The fraction of sp³-hybridized carbons (Fsp3) is 0.889. The molecule has 2 fully saturated rings. The Labute approximate surface area is 77.5 Å². The highest BCUT2D eigenvalue weighted by molar-refractivity contribution is 5.92. The molecule has 1 spiro atoms. The molecular weight excluding hydrogens is 170 g/mol. The first kappa shape index (κ1) is 8.97. The lowest BCUT2D eigenvalue weighted by molar-refractivity contribution is -0.198. The minimum absolute atomic E-state index is 0.307. The molecule has 0 radical (unpaired) electrons. The molecule has 1 aliphatic heterocycles. The smallest absolute Gasteiger partial charge is 0.179 e. The highest BCUT2D eigenvalue weighted by Crippen LogP contribution is 2.49. The van der Waals surface area contributed by atoms with Gasteiger partial charge in [0.2, 0.25) is 0 Å². The van der Waals surface area contributed by atoms with Crippen LogP contribution in [0.2, 0.25) is 0 Å². The van der Waals surface area contributed by atoms with Crippen molar-refractivity contribution in [3.63, 3.8) is 0 Å². The third kappa shape index (κ3) is 1.02.